The molecule has 3 aliphatic heterocycles. The van der Waals surface area contributed by atoms with Gasteiger partial charge in [-0.2, -0.15) is 11.8 Å². The second kappa shape index (κ2) is 7.87. The van der Waals surface area contributed by atoms with Crippen LogP contribution in [-0.4, -0.2) is 59.4 Å². The topological polar surface area (TPSA) is 23.6 Å². The van der Waals surface area contributed by atoms with Gasteiger partial charge < -0.3 is 9.80 Å². The molecule has 0 aromatic rings. The highest BCUT2D eigenvalue weighted by Gasteiger charge is 2.27. The van der Waals surface area contributed by atoms with E-state index in [1.165, 1.54) is 63.1 Å². The third kappa shape index (κ3) is 4.38. The van der Waals surface area contributed by atoms with Gasteiger partial charge in [-0.05, 0) is 68.9 Å². The van der Waals surface area contributed by atoms with E-state index in [0.29, 0.717) is 5.91 Å². The molecule has 3 rings (SSSR count). The van der Waals surface area contributed by atoms with Crippen molar-refractivity contribution in [1.82, 2.24) is 9.80 Å². The first-order valence-electron chi connectivity index (χ1n) is 8.92. The first-order valence-corrected chi connectivity index (χ1v) is 10.1. The molecule has 3 saturated heterocycles. The molecule has 0 saturated carbocycles. The van der Waals surface area contributed by atoms with Gasteiger partial charge in [0.05, 0.1) is 0 Å². The summed E-state index contributed by atoms with van der Waals surface area (Å²) >= 11 is 2.11. The summed E-state index contributed by atoms with van der Waals surface area (Å²) in [5.74, 6) is 3.87. The zero-order valence-electron chi connectivity index (χ0n) is 13.3. The average molecular weight is 311 g/mol. The number of piperidine rings is 1. The number of thioether (sulfide) groups is 1. The Balaban J connectivity index is 1.41. The number of hydrogen-bond donors (Lipinski definition) is 0. The van der Waals surface area contributed by atoms with Crippen molar-refractivity contribution in [3.63, 3.8) is 0 Å². The fourth-order valence-corrected chi connectivity index (χ4v) is 5.25. The third-order valence-corrected chi connectivity index (χ3v) is 6.53. The van der Waals surface area contributed by atoms with Crippen molar-refractivity contribution in [3.05, 3.63) is 0 Å². The lowest BCUT2D eigenvalue weighted by atomic mass is 9.91. The molecular weight excluding hydrogens is 280 g/mol. The Hall–Kier alpha value is -0.220. The van der Waals surface area contributed by atoms with E-state index in [1.54, 1.807) is 0 Å². The van der Waals surface area contributed by atoms with Gasteiger partial charge in [-0.15, -0.1) is 0 Å². The van der Waals surface area contributed by atoms with Crippen molar-refractivity contribution in [1.29, 1.82) is 0 Å². The summed E-state index contributed by atoms with van der Waals surface area (Å²) in [5, 5.41) is 0. The van der Waals surface area contributed by atoms with E-state index < -0.39 is 0 Å². The summed E-state index contributed by atoms with van der Waals surface area (Å²) in [6, 6.07) is 0.836. The Morgan fingerprint density at radius 2 is 1.76 bits per heavy atom. The number of carbonyl (C=O) groups is 1. The van der Waals surface area contributed by atoms with Crippen molar-refractivity contribution in [2.75, 3.05) is 37.7 Å². The summed E-state index contributed by atoms with van der Waals surface area (Å²) in [5.41, 5.74) is 0. The zero-order valence-corrected chi connectivity index (χ0v) is 14.1. The van der Waals surface area contributed by atoms with Gasteiger partial charge in [-0.3, -0.25) is 4.79 Å². The molecule has 4 heteroatoms. The fraction of sp³-hybridized carbons (Fsp3) is 0.941. The molecule has 0 aromatic carbocycles. The van der Waals surface area contributed by atoms with Crippen LogP contribution >= 0.6 is 11.8 Å². The van der Waals surface area contributed by atoms with Gasteiger partial charge in [0.15, 0.2) is 0 Å². The monoisotopic (exact) mass is 310 g/mol. The van der Waals surface area contributed by atoms with Crippen LogP contribution < -0.4 is 0 Å². The predicted octanol–water partition coefficient (Wildman–Crippen LogP) is 3.00. The highest BCUT2D eigenvalue weighted by Crippen LogP contribution is 2.28. The third-order valence-electron chi connectivity index (χ3n) is 5.48. The highest BCUT2D eigenvalue weighted by atomic mass is 32.2. The Kier molecular flexibility index (Phi) is 5.87. The van der Waals surface area contributed by atoms with E-state index >= 15 is 0 Å². The van der Waals surface area contributed by atoms with Gasteiger partial charge in [0, 0.05) is 32.1 Å². The predicted molar refractivity (Wildman–Crippen MR) is 89.7 cm³/mol. The fourth-order valence-electron chi connectivity index (χ4n) is 4.17. The molecule has 3 heterocycles. The molecule has 0 radical (unpaired) electrons. The maximum atomic E-state index is 12.2. The SMILES string of the molecule is O=C(CC[C@@H]1CCCN(C2CCSCC2)C1)N1CCCC1. The van der Waals surface area contributed by atoms with E-state index in [0.717, 1.165) is 37.9 Å². The number of likely N-dealkylation sites (tertiary alicyclic amines) is 2. The standard InChI is InChI=1S/C17H30N2OS/c20-17(18-9-1-2-10-18)6-5-15-4-3-11-19(14-15)16-7-12-21-13-8-16/h15-16H,1-14H2/t15-/m0/s1. The van der Waals surface area contributed by atoms with Crippen LogP contribution in [0.3, 0.4) is 0 Å². The smallest absolute Gasteiger partial charge is 0.222 e. The lowest BCUT2D eigenvalue weighted by Gasteiger charge is -2.40. The molecule has 0 aromatic heterocycles. The van der Waals surface area contributed by atoms with Crippen molar-refractivity contribution >= 4 is 17.7 Å². The number of nitrogens with zero attached hydrogens (tertiary/aromatic N) is 2. The maximum absolute atomic E-state index is 12.2. The van der Waals surface area contributed by atoms with Crippen LogP contribution in [-0.2, 0) is 4.79 Å². The van der Waals surface area contributed by atoms with E-state index in [4.69, 9.17) is 0 Å². The number of hydrogen-bond acceptors (Lipinski definition) is 3. The first kappa shape index (κ1) is 15.7. The summed E-state index contributed by atoms with van der Waals surface area (Å²) in [4.78, 5) is 17.0. The lowest BCUT2D eigenvalue weighted by molar-refractivity contribution is -0.130. The summed E-state index contributed by atoms with van der Waals surface area (Å²) in [7, 11) is 0. The Labute approximate surface area is 133 Å². The zero-order chi connectivity index (χ0) is 14.5. The van der Waals surface area contributed by atoms with Crippen LogP contribution in [0.15, 0.2) is 0 Å². The van der Waals surface area contributed by atoms with Gasteiger partial charge in [0.1, 0.15) is 0 Å². The molecule has 0 bridgehead atoms. The van der Waals surface area contributed by atoms with Gasteiger partial charge in [-0.1, -0.05) is 0 Å². The van der Waals surface area contributed by atoms with Crippen molar-refractivity contribution < 1.29 is 4.79 Å². The Bertz CT molecular complexity index is 338. The minimum Gasteiger partial charge on any atom is -0.343 e. The Morgan fingerprint density at radius 3 is 2.52 bits per heavy atom. The van der Waals surface area contributed by atoms with Crippen molar-refractivity contribution in [3.8, 4) is 0 Å². The molecule has 3 fully saturated rings. The molecule has 0 unspecified atom stereocenters. The van der Waals surface area contributed by atoms with Crippen LogP contribution in [0.1, 0.15) is 51.4 Å². The van der Waals surface area contributed by atoms with E-state index in [9.17, 15) is 4.79 Å². The number of amides is 1. The van der Waals surface area contributed by atoms with E-state index in [1.807, 2.05) is 0 Å². The van der Waals surface area contributed by atoms with Crippen LogP contribution in [0.2, 0.25) is 0 Å². The summed E-state index contributed by atoms with van der Waals surface area (Å²) in [6.45, 7) is 4.57. The van der Waals surface area contributed by atoms with Crippen LogP contribution in [0, 0.1) is 5.92 Å². The largest absolute Gasteiger partial charge is 0.343 e. The van der Waals surface area contributed by atoms with Crippen molar-refractivity contribution in [2.24, 2.45) is 5.92 Å². The van der Waals surface area contributed by atoms with Gasteiger partial charge in [-0.25, -0.2) is 0 Å². The summed E-state index contributed by atoms with van der Waals surface area (Å²) in [6.07, 6.45) is 9.77. The van der Waals surface area contributed by atoms with Crippen LogP contribution in [0.25, 0.3) is 0 Å². The lowest BCUT2D eigenvalue weighted by Crippen LogP contribution is -2.44. The molecule has 3 aliphatic rings. The minimum absolute atomic E-state index is 0.415. The highest BCUT2D eigenvalue weighted by molar-refractivity contribution is 7.99. The molecule has 21 heavy (non-hydrogen) atoms. The second-order valence-corrected chi connectivity index (χ2v) is 8.20. The van der Waals surface area contributed by atoms with Crippen LogP contribution in [0.5, 0.6) is 0 Å². The Morgan fingerprint density at radius 1 is 1.00 bits per heavy atom. The summed E-state index contributed by atoms with van der Waals surface area (Å²) < 4.78 is 0. The molecule has 0 N–H and O–H groups in total. The normalized spacial score (nSPS) is 29.0. The quantitative estimate of drug-likeness (QED) is 0.797. The molecule has 3 nitrogen and oxygen atoms in total. The number of rotatable bonds is 4. The van der Waals surface area contributed by atoms with Gasteiger partial charge >= 0.3 is 0 Å². The molecule has 120 valence electrons. The maximum Gasteiger partial charge on any atom is 0.222 e. The minimum atomic E-state index is 0.415. The first-order chi connectivity index (χ1) is 10.3. The number of carbonyl (C=O) groups excluding carboxylic acids is 1. The molecule has 1 amide bonds. The van der Waals surface area contributed by atoms with Crippen LogP contribution in [0.4, 0.5) is 0 Å². The van der Waals surface area contributed by atoms with Crippen molar-refractivity contribution in [2.45, 2.75) is 57.4 Å². The average Bonchev–Trinajstić information content (AvgIpc) is 3.08. The molecular formula is C17H30N2OS. The van der Waals surface area contributed by atoms with E-state index in [-0.39, 0.29) is 0 Å². The molecule has 1 atom stereocenters. The van der Waals surface area contributed by atoms with E-state index in [2.05, 4.69) is 21.6 Å². The second-order valence-electron chi connectivity index (χ2n) is 6.97. The molecule has 0 aliphatic carbocycles. The van der Waals surface area contributed by atoms with Gasteiger partial charge in [0.2, 0.25) is 5.91 Å². The molecule has 0 spiro atoms. The van der Waals surface area contributed by atoms with Gasteiger partial charge in [0.25, 0.3) is 0 Å².